The summed E-state index contributed by atoms with van der Waals surface area (Å²) >= 11 is 0. The zero-order valence-corrected chi connectivity index (χ0v) is 13.6. The summed E-state index contributed by atoms with van der Waals surface area (Å²) in [6.45, 7) is 1.85. The van der Waals surface area contributed by atoms with E-state index in [1.54, 1.807) is 0 Å². The van der Waals surface area contributed by atoms with Crippen LogP contribution in [-0.4, -0.2) is 70.4 Å². The Morgan fingerprint density at radius 2 is 1.79 bits per heavy atom. The van der Waals surface area contributed by atoms with Crippen molar-refractivity contribution in [1.29, 1.82) is 0 Å². The molecule has 3 fully saturated rings. The molecule has 4 atom stereocenters. The molecule has 3 amide bonds. The molecule has 8 nitrogen and oxygen atoms in total. The number of ether oxygens (including phenoxy) is 1. The van der Waals surface area contributed by atoms with Crippen LogP contribution in [0.5, 0.6) is 0 Å². The van der Waals surface area contributed by atoms with Gasteiger partial charge in [-0.15, -0.1) is 0 Å². The number of amides is 3. The van der Waals surface area contributed by atoms with E-state index in [1.165, 1.54) is 9.80 Å². The minimum absolute atomic E-state index is 0.0166. The number of carbonyl (C=O) groups is 4. The van der Waals surface area contributed by atoms with Crippen LogP contribution in [0.1, 0.15) is 32.6 Å². The molecule has 24 heavy (non-hydrogen) atoms. The molecular weight excluding hydrogens is 316 g/mol. The summed E-state index contributed by atoms with van der Waals surface area (Å²) in [7, 11) is 0. The molecule has 132 valence electrons. The second-order valence-electron chi connectivity index (χ2n) is 6.63. The largest absolute Gasteiger partial charge is 0.480 e. The molecule has 3 aliphatic rings. The first kappa shape index (κ1) is 16.9. The summed E-state index contributed by atoms with van der Waals surface area (Å²) in [5.41, 5.74) is 0. The van der Waals surface area contributed by atoms with Gasteiger partial charge in [-0.05, 0) is 19.3 Å². The number of carboxylic acids is 1. The molecule has 0 aliphatic carbocycles. The van der Waals surface area contributed by atoms with Crippen LogP contribution >= 0.6 is 0 Å². The van der Waals surface area contributed by atoms with Crippen molar-refractivity contribution < 1.29 is 29.0 Å². The molecule has 3 heterocycles. The standard InChI is InChI=1S/C16H22N2O6/c1-2-6-17(8-12(20)21)11(19)5-7-18-15(22)13-9-3-4-10(24-9)14(13)16(18)23/h9-10,13-14H,2-8H2,1H3,(H,20,21). The fourth-order valence-electron chi connectivity index (χ4n) is 4.08. The predicted molar refractivity (Wildman–Crippen MR) is 80.7 cm³/mol. The maximum Gasteiger partial charge on any atom is 0.323 e. The van der Waals surface area contributed by atoms with E-state index in [4.69, 9.17) is 9.84 Å². The van der Waals surface area contributed by atoms with E-state index in [-0.39, 0.29) is 49.4 Å². The van der Waals surface area contributed by atoms with Crippen molar-refractivity contribution in [3.05, 3.63) is 0 Å². The molecule has 0 saturated carbocycles. The highest BCUT2D eigenvalue weighted by molar-refractivity contribution is 6.06. The lowest BCUT2D eigenvalue weighted by atomic mass is 9.81. The van der Waals surface area contributed by atoms with E-state index in [2.05, 4.69) is 0 Å². The fourth-order valence-corrected chi connectivity index (χ4v) is 4.08. The number of imide groups is 1. The highest BCUT2D eigenvalue weighted by Gasteiger charge is 2.62. The first-order chi connectivity index (χ1) is 11.4. The number of hydrogen-bond donors (Lipinski definition) is 1. The Morgan fingerprint density at radius 3 is 2.29 bits per heavy atom. The summed E-state index contributed by atoms with van der Waals surface area (Å²) in [6.07, 6.45) is 1.88. The van der Waals surface area contributed by atoms with Crippen molar-refractivity contribution in [3.63, 3.8) is 0 Å². The molecule has 3 aliphatic heterocycles. The smallest absolute Gasteiger partial charge is 0.323 e. The Labute approximate surface area is 139 Å². The lowest BCUT2D eigenvalue weighted by molar-refractivity contribution is -0.146. The van der Waals surface area contributed by atoms with Gasteiger partial charge in [-0.25, -0.2) is 0 Å². The summed E-state index contributed by atoms with van der Waals surface area (Å²) in [4.78, 5) is 50.4. The van der Waals surface area contributed by atoms with E-state index in [1.807, 2.05) is 6.92 Å². The Morgan fingerprint density at radius 1 is 1.21 bits per heavy atom. The first-order valence-corrected chi connectivity index (χ1v) is 8.44. The molecule has 2 bridgehead atoms. The van der Waals surface area contributed by atoms with Crippen LogP contribution in [0.4, 0.5) is 0 Å². The van der Waals surface area contributed by atoms with E-state index in [0.29, 0.717) is 13.0 Å². The Balaban J connectivity index is 1.60. The van der Waals surface area contributed by atoms with Gasteiger partial charge in [-0.1, -0.05) is 6.92 Å². The molecule has 0 spiro atoms. The molecule has 3 rings (SSSR count). The number of carbonyl (C=O) groups excluding carboxylic acids is 3. The Hall–Kier alpha value is -1.96. The number of aliphatic carboxylic acids is 1. The minimum Gasteiger partial charge on any atom is -0.480 e. The highest BCUT2D eigenvalue weighted by atomic mass is 16.5. The lowest BCUT2D eigenvalue weighted by Gasteiger charge is -2.22. The number of nitrogens with zero attached hydrogens (tertiary/aromatic N) is 2. The van der Waals surface area contributed by atoms with Crippen LogP contribution in [0, 0.1) is 11.8 Å². The number of rotatable bonds is 7. The maximum atomic E-state index is 12.5. The monoisotopic (exact) mass is 338 g/mol. The third kappa shape index (κ3) is 2.79. The van der Waals surface area contributed by atoms with E-state index < -0.39 is 17.8 Å². The van der Waals surface area contributed by atoms with Crippen LogP contribution in [0.2, 0.25) is 0 Å². The number of carboxylic acid groups (broad SMARTS) is 1. The van der Waals surface area contributed by atoms with Crippen molar-refractivity contribution in [3.8, 4) is 0 Å². The van der Waals surface area contributed by atoms with Crippen LogP contribution < -0.4 is 0 Å². The lowest BCUT2D eigenvalue weighted by Crippen LogP contribution is -2.40. The molecule has 0 aromatic heterocycles. The molecule has 4 unspecified atom stereocenters. The molecular formula is C16H22N2O6. The van der Waals surface area contributed by atoms with Gasteiger partial charge in [0.25, 0.3) is 0 Å². The van der Waals surface area contributed by atoms with Crippen molar-refractivity contribution in [2.75, 3.05) is 19.6 Å². The van der Waals surface area contributed by atoms with Crippen molar-refractivity contribution in [2.45, 2.75) is 44.8 Å². The predicted octanol–water partition coefficient (Wildman–Crippen LogP) is -0.138. The minimum atomic E-state index is -1.08. The summed E-state index contributed by atoms with van der Waals surface area (Å²) < 4.78 is 5.66. The van der Waals surface area contributed by atoms with Crippen LogP contribution in [0.15, 0.2) is 0 Å². The molecule has 8 heteroatoms. The van der Waals surface area contributed by atoms with Crippen LogP contribution in [0.3, 0.4) is 0 Å². The van der Waals surface area contributed by atoms with Gasteiger partial charge in [0.05, 0.1) is 24.0 Å². The van der Waals surface area contributed by atoms with Gasteiger partial charge in [0.2, 0.25) is 17.7 Å². The Kier molecular flexibility index (Phi) is 4.58. The maximum absolute atomic E-state index is 12.5. The zero-order chi connectivity index (χ0) is 17.4. The molecule has 1 N–H and O–H groups in total. The third-order valence-electron chi connectivity index (χ3n) is 5.10. The second-order valence-corrected chi connectivity index (χ2v) is 6.63. The van der Waals surface area contributed by atoms with Gasteiger partial charge in [0.1, 0.15) is 6.54 Å². The number of hydrogen-bond acceptors (Lipinski definition) is 5. The van der Waals surface area contributed by atoms with Gasteiger partial charge < -0.3 is 14.7 Å². The van der Waals surface area contributed by atoms with Crippen LogP contribution in [-0.2, 0) is 23.9 Å². The quantitative estimate of drug-likeness (QED) is 0.648. The Bertz CT molecular complexity index is 549. The summed E-state index contributed by atoms with van der Waals surface area (Å²) in [6, 6.07) is 0. The molecule has 0 aromatic rings. The third-order valence-corrected chi connectivity index (χ3v) is 5.10. The number of fused-ring (bicyclic) bond motifs is 5. The normalized spacial score (nSPS) is 30.8. The molecule has 0 aromatic carbocycles. The van der Waals surface area contributed by atoms with Crippen molar-refractivity contribution >= 4 is 23.7 Å². The zero-order valence-electron chi connectivity index (χ0n) is 13.6. The average Bonchev–Trinajstić information content (AvgIpc) is 3.19. The van der Waals surface area contributed by atoms with Gasteiger partial charge in [-0.3, -0.25) is 24.1 Å². The van der Waals surface area contributed by atoms with Gasteiger partial charge in [0, 0.05) is 19.5 Å². The molecule has 0 radical (unpaired) electrons. The molecule has 3 saturated heterocycles. The fraction of sp³-hybridized carbons (Fsp3) is 0.750. The van der Waals surface area contributed by atoms with Crippen molar-refractivity contribution in [2.24, 2.45) is 11.8 Å². The van der Waals surface area contributed by atoms with Gasteiger partial charge in [0.15, 0.2) is 0 Å². The van der Waals surface area contributed by atoms with Gasteiger partial charge in [-0.2, -0.15) is 0 Å². The van der Waals surface area contributed by atoms with E-state index in [0.717, 1.165) is 12.8 Å². The van der Waals surface area contributed by atoms with E-state index >= 15 is 0 Å². The summed E-state index contributed by atoms with van der Waals surface area (Å²) in [5.74, 6) is -2.70. The first-order valence-electron chi connectivity index (χ1n) is 8.44. The van der Waals surface area contributed by atoms with E-state index in [9.17, 15) is 19.2 Å². The van der Waals surface area contributed by atoms with Crippen LogP contribution in [0.25, 0.3) is 0 Å². The topological polar surface area (TPSA) is 104 Å². The SMILES string of the molecule is CCCN(CC(=O)O)C(=O)CCN1C(=O)C2C3CCC(O3)C2C1=O. The average molecular weight is 338 g/mol. The highest BCUT2D eigenvalue weighted by Crippen LogP contribution is 2.48. The summed E-state index contributed by atoms with van der Waals surface area (Å²) in [5, 5.41) is 8.87. The number of likely N-dealkylation sites (tertiary alicyclic amines) is 1. The second kappa shape index (κ2) is 6.51. The van der Waals surface area contributed by atoms with Crippen molar-refractivity contribution in [1.82, 2.24) is 9.80 Å². The van der Waals surface area contributed by atoms with Gasteiger partial charge >= 0.3 is 5.97 Å².